The number of anilines is 1. The molecule has 3 amide bonds. The number of carbonyl (C=O) groups is 3. The maximum Gasteiger partial charge on any atom is 0.261 e. The average molecular weight is 408 g/mol. The van der Waals surface area contributed by atoms with Gasteiger partial charge in [-0.15, -0.1) is 11.3 Å². The molecule has 0 atom stereocenters. The van der Waals surface area contributed by atoms with Gasteiger partial charge in [0.1, 0.15) is 6.54 Å². The fourth-order valence-corrected chi connectivity index (χ4v) is 3.14. The smallest absolute Gasteiger partial charge is 0.261 e. The number of benzene rings is 1. The van der Waals surface area contributed by atoms with E-state index in [1.165, 1.54) is 16.2 Å². The Balaban J connectivity index is 2.12. The Morgan fingerprint density at radius 3 is 2.48 bits per heavy atom. The molecule has 2 rings (SSSR count). The van der Waals surface area contributed by atoms with Crippen molar-refractivity contribution >= 4 is 46.3 Å². The maximum absolute atomic E-state index is 12.7. The Labute approximate surface area is 167 Å². The molecule has 0 spiro atoms. The van der Waals surface area contributed by atoms with Crippen LogP contribution in [0.25, 0.3) is 0 Å². The third-order valence-electron chi connectivity index (χ3n) is 3.38. The predicted molar refractivity (Wildman–Crippen MR) is 108 cm³/mol. The lowest BCUT2D eigenvalue weighted by Crippen LogP contribution is -2.49. The zero-order valence-electron chi connectivity index (χ0n) is 15.4. The van der Waals surface area contributed by atoms with Crippen LogP contribution in [0.15, 0.2) is 41.8 Å². The van der Waals surface area contributed by atoms with Gasteiger partial charge in [0.25, 0.3) is 5.91 Å². The molecule has 144 valence electrons. The lowest BCUT2D eigenvalue weighted by atomic mass is 10.1. The topological polar surface area (TPSA) is 78.5 Å². The third kappa shape index (κ3) is 6.69. The van der Waals surface area contributed by atoms with Crippen molar-refractivity contribution in [3.05, 3.63) is 51.7 Å². The molecule has 1 aromatic carbocycles. The molecule has 2 N–H and O–H groups in total. The van der Waals surface area contributed by atoms with Crippen molar-refractivity contribution in [3.8, 4) is 0 Å². The second kappa shape index (κ2) is 9.01. The van der Waals surface area contributed by atoms with Gasteiger partial charge in [0.05, 0.1) is 11.4 Å². The number of nitrogens with zero attached hydrogens (tertiary/aromatic N) is 1. The number of halogens is 1. The van der Waals surface area contributed by atoms with Crippen LogP contribution >= 0.6 is 22.9 Å². The number of nitrogens with one attached hydrogen (secondary N) is 2. The van der Waals surface area contributed by atoms with Gasteiger partial charge in [-0.1, -0.05) is 23.7 Å². The summed E-state index contributed by atoms with van der Waals surface area (Å²) in [4.78, 5) is 38.9. The van der Waals surface area contributed by atoms with Crippen LogP contribution in [0.3, 0.4) is 0 Å². The van der Waals surface area contributed by atoms with E-state index in [-0.39, 0.29) is 24.9 Å². The van der Waals surface area contributed by atoms with Crippen LogP contribution in [0.2, 0.25) is 5.02 Å². The van der Waals surface area contributed by atoms with Gasteiger partial charge < -0.3 is 15.5 Å². The number of hydrogen-bond donors (Lipinski definition) is 2. The van der Waals surface area contributed by atoms with Crippen molar-refractivity contribution in [2.45, 2.75) is 26.3 Å². The summed E-state index contributed by atoms with van der Waals surface area (Å²) in [5.41, 5.74) is 0.0648. The lowest BCUT2D eigenvalue weighted by Gasteiger charge is -2.26. The SMILES string of the molecule is CC(C)(C)NC(=O)CN(C(=O)CNC(=O)c1cccs1)c1cccc(Cl)c1. The number of rotatable bonds is 6. The monoisotopic (exact) mass is 407 g/mol. The van der Waals surface area contributed by atoms with Gasteiger partial charge in [-0.05, 0) is 50.4 Å². The first-order valence-corrected chi connectivity index (χ1v) is 9.60. The van der Waals surface area contributed by atoms with E-state index >= 15 is 0 Å². The average Bonchev–Trinajstić information content (AvgIpc) is 3.10. The normalized spacial score (nSPS) is 11.0. The van der Waals surface area contributed by atoms with E-state index in [1.54, 1.807) is 41.8 Å². The van der Waals surface area contributed by atoms with Crippen molar-refractivity contribution < 1.29 is 14.4 Å². The molecule has 0 aliphatic heterocycles. The summed E-state index contributed by atoms with van der Waals surface area (Å²) in [7, 11) is 0. The molecule has 0 saturated carbocycles. The van der Waals surface area contributed by atoms with Crippen molar-refractivity contribution in [2.24, 2.45) is 0 Å². The second-order valence-electron chi connectivity index (χ2n) is 6.92. The zero-order valence-corrected chi connectivity index (χ0v) is 17.0. The van der Waals surface area contributed by atoms with Crippen molar-refractivity contribution in [1.29, 1.82) is 0 Å². The van der Waals surface area contributed by atoms with Crippen LogP contribution < -0.4 is 15.5 Å². The minimum Gasteiger partial charge on any atom is -0.350 e. The van der Waals surface area contributed by atoms with E-state index in [1.807, 2.05) is 20.8 Å². The molecule has 8 heteroatoms. The van der Waals surface area contributed by atoms with Crippen molar-refractivity contribution in [3.63, 3.8) is 0 Å². The highest BCUT2D eigenvalue weighted by Crippen LogP contribution is 2.20. The second-order valence-corrected chi connectivity index (χ2v) is 8.30. The van der Waals surface area contributed by atoms with Gasteiger partial charge >= 0.3 is 0 Å². The number of carbonyl (C=O) groups excluding carboxylic acids is 3. The van der Waals surface area contributed by atoms with E-state index in [0.29, 0.717) is 15.6 Å². The molecule has 0 fully saturated rings. The number of hydrogen-bond acceptors (Lipinski definition) is 4. The molecule has 27 heavy (non-hydrogen) atoms. The number of thiophene rings is 1. The summed E-state index contributed by atoms with van der Waals surface area (Å²) in [6, 6.07) is 10.1. The molecule has 0 radical (unpaired) electrons. The van der Waals surface area contributed by atoms with E-state index in [0.717, 1.165) is 0 Å². The van der Waals surface area contributed by atoms with Gasteiger partial charge in [-0.3, -0.25) is 14.4 Å². The lowest BCUT2D eigenvalue weighted by molar-refractivity contribution is -0.124. The highest BCUT2D eigenvalue weighted by atomic mass is 35.5. The Morgan fingerprint density at radius 2 is 1.89 bits per heavy atom. The molecule has 0 saturated heterocycles. The fourth-order valence-electron chi connectivity index (χ4n) is 2.32. The first-order valence-electron chi connectivity index (χ1n) is 8.34. The summed E-state index contributed by atoms with van der Waals surface area (Å²) >= 11 is 7.31. The van der Waals surface area contributed by atoms with Gasteiger partial charge in [-0.2, -0.15) is 0 Å². The number of amides is 3. The third-order valence-corrected chi connectivity index (χ3v) is 4.49. The molecular formula is C19H22ClN3O3S. The minimum absolute atomic E-state index is 0.175. The predicted octanol–water partition coefficient (Wildman–Crippen LogP) is 3.08. The zero-order chi connectivity index (χ0) is 20.0. The van der Waals surface area contributed by atoms with Gasteiger partial charge in [-0.25, -0.2) is 0 Å². The molecular weight excluding hydrogens is 386 g/mol. The van der Waals surface area contributed by atoms with Crippen LogP contribution in [0.4, 0.5) is 5.69 Å². The van der Waals surface area contributed by atoms with Crippen LogP contribution in [0.5, 0.6) is 0 Å². The van der Waals surface area contributed by atoms with Gasteiger partial charge in [0.2, 0.25) is 11.8 Å². The summed E-state index contributed by atoms with van der Waals surface area (Å²) in [5.74, 6) is -1.05. The molecule has 0 aliphatic rings. The summed E-state index contributed by atoms with van der Waals surface area (Å²) in [5, 5.41) is 7.64. The Hall–Kier alpha value is -2.38. The molecule has 2 aromatic rings. The largest absolute Gasteiger partial charge is 0.350 e. The Bertz CT molecular complexity index is 816. The van der Waals surface area contributed by atoms with Crippen LogP contribution in [-0.2, 0) is 9.59 Å². The molecule has 0 aliphatic carbocycles. The van der Waals surface area contributed by atoms with Gasteiger partial charge in [0.15, 0.2) is 0 Å². The molecule has 0 unspecified atom stereocenters. The van der Waals surface area contributed by atoms with Crippen LogP contribution in [0, 0.1) is 0 Å². The quantitative estimate of drug-likeness (QED) is 0.772. The Morgan fingerprint density at radius 1 is 1.15 bits per heavy atom. The van der Waals surface area contributed by atoms with E-state index in [9.17, 15) is 14.4 Å². The van der Waals surface area contributed by atoms with Gasteiger partial charge in [0, 0.05) is 16.2 Å². The first-order chi connectivity index (χ1) is 12.7. The summed E-state index contributed by atoms with van der Waals surface area (Å²) in [6.45, 7) is 5.17. The first kappa shape index (κ1) is 20.9. The van der Waals surface area contributed by atoms with Crippen LogP contribution in [-0.4, -0.2) is 36.3 Å². The highest BCUT2D eigenvalue weighted by molar-refractivity contribution is 7.12. The van der Waals surface area contributed by atoms with Crippen molar-refractivity contribution in [2.75, 3.05) is 18.0 Å². The standard InChI is InChI=1S/C19H22ClN3O3S/c1-19(2,3)22-16(24)12-23(14-7-4-6-13(20)10-14)17(25)11-21-18(26)15-8-5-9-27-15/h4-10H,11-12H2,1-3H3,(H,21,26)(H,22,24). The van der Waals surface area contributed by atoms with E-state index in [2.05, 4.69) is 10.6 Å². The van der Waals surface area contributed by atoms with E-state index < -0.39 is 11.4 Å². The molecule has 6 nitrogen and oxygen atoms in total. The minimum atomic E-state index is -0.423. The highest BCUT2D eigenvalue weighted by Gasteiger charge is 2.22. The van der Waals surface area contributed by atoms with E-state index in [4.69, 9.17) is 11.6 Å². The molecule has 0 bridgehead atoms. The maximum atomic E-state index is 12.7. The van der Waals surface area contributed by atoms with Crippen LogP contribution in [0.1, 0.15) is 30.4 Å². The molecule has 1 heterocycles. The van der Waals surface area contributed by atoms with Crippen molar-refractivity contribution in [1.82, 2.24) is 10.6 Å². The summed E-state index contributed by atoms with van der Waals surface area (Å²) < 4.78 is 0. The molecule has 1 aromatic heterocycles. The fraction of sp³-hybridized carbons (Fsp3) is 0.316. The Kier molecular flexibility index (Phi) is 6.98. The summed E-state index contributed by atoms with van der Waals surface area (Å²) in [6.07, 6.45) is 0.